The zero-order chi connectivity index (χ0) is 19.6. The zero-order valence-corrected chi connectivity index (χ0v) is 16.0. The van der Waals surface area contributed by atoms with Crippen molar-refractivity contribution >= 4 is 11.8 Å². The average molecular weight is 370 g/mol. The van der Waals surface area contributed by atoms with E-state index in [-0.39, 0.29) is 18.9 Å². The molecule has 0 spiro atoms. The lowest BCUT2D eigenvalue weighted by Crippen LogP contribution is -2.43. The lowest BCUT2D eigenvalue weighted by Gasteiger charge is -2.11. The van der Waals surface area contributed by atoms with Crippen LogP contribution in [0.3, 0.4) is 0 Å². The largest absolute Gasteiger partial charge is 0.494 e. The second kappa shape index (κ2) is 10.2. The molecular weight excluding hydrogens is 344 g/mol. The third-order valence-corrected chi connectivity index (χ3v) is 4.08. The Morgan fingerprint density at radius 3 is 2.41 bits per heavy atom. The monoisotopic (exact) mass is 370 g/mol. The van der Waals surface area contributed by atoms with Gasteiger partial charge in [0.15, 0.2) is 6.61 Å². The van der Waals surface area contributed by atoms with Crippen LogP contribution in [-0.4, -0.2) is 25.0 Å². The van der Waals surface area contributed by atoms with Crippen molar-refractivity contribution in [2.75, 3.05) is 13.2 Å². The van der Waals surface area contributed by atoms with Crippen LogP contribution in [0.15, 0.2) is 42.5 Å². The number of rotatable bonds is 8. The number of nitrogens with one attached hydrogen (secondary N) is 2. The van der Waals surface area contributed by atoms with Gasteiger partial charge in [-0.3, -0.25) is 20.4 Å². The van der Waals surface area contributed by atoms with Gasteiger partial charge in [0.05, 0.1) is 6.61 Å². The molecule has 0 saturated heterocycles. The molecule has 0 aromatic heterocycles. The van der Waals surface area contributed by atoms with Crippen LogP contribution in [0.25, 0.3) is 0 Å². The maximum Gasteiger partial charge on any atom is 0.276 e. The van der Waals surface area contributed by atoms with Gasteiger partial charge in [0.25, 0.3) is 5.91 Å². The number of aryl methyl sites for hydroxylation is 3. The van der Waals surface area contributed by atoms with Gasteiger partial charge in [-0.1, -0.05) is 24.3 Å². The molecule has 0 radical (unpaired) electrons. The first kappa shape index (κ1) is 20.3. The first-order valence-electron chi connectivity index (χ1n) is 8.98. The summed E-state index contributed by atoms with van der Waals surface area (Å²) in [6, 6.07) is 13.2. The first-order chi connectivity index (χ1) is 13.0. The van der Waals surface area contributed by atoms with Crippen molar-refractivity contribution in [1.82, 2.24) is 10.9 Å². The Balaban J connectivity index is 1.72. The Morgan fingerprint density at radius 2 is 1.67 bits per heavy atom. The summed E-state index contributed by atoms with van der Waals surface area (Å²) in [6.07, 6.45) is 0.763. The molecule has 27 heavy (non-hydrogen) atoms. The highest BCUT2D eigenvalue weighted by molar-refractivity contribution is 5.82. The molecule has 144 valence electrons. The van der Waals surface area contributed by atoms with Crippen molar-refractivity contribution < 1.29 is 19.1 Å². The minimum absolute atomic E-state index is 0.171. The van der Waals surface area contributed by atoms with E-state index < -0.39 is 5.91 Å². The summed E-state index contributed by atoms with van der Waals surface area (Å²) in [4.78, 5) is 23.8. The molecule has 0 bridgehead atoms. The van der Waals surface area contributed by atoms with Gasteiger partial charge in [0.2, 0.25) is 5.91 Å². The highest BCUT2D eigenvalue weighted by Crippen LogP contribution is 2.19. The number of carbonyl (C=O) groups excluding carboxylic acids is 2. The summed E-state index contributed by atoms with van der Waals surface area (Å²) >= 11 is 0. The van der Waals surface area contributed by atoms with E-state index in [4.69, 9.17) is 9.47 Å². The highest BCUT2D eigenvalue weighted by Gasteiger charge is 2.09. The highest BCUT2D eigenvalue weighted by atomic mass is 16.5. The lowest BCUT2D eigenvalue weighted by atomic mass is 10.1. The molecule has 2 aromatic carbocycles. The quantitative estimate of drug-likeness (QED) is 0.701. The number of hydrogen-bond donors (Lipinski definition) is 2. The van der Waals surface area contributed by atoms with E-state index in [2.05, 4.69) is 10.9 Å². The Labute approximate surface area is 159 Å². The van der Waals surface area contributed by atoms with Crippen molar-refractivity contribution in [3.63, 3.8) is 0 Å². The van der Waals surface area contributed by atoms with E-state index in [1.165, 1.54) is 0 Å². The number of hydrazine groups is 1. The number of benzene rings is 2. The van der Waals surface area contributed by atoms with Gasteiger partial charge in [-0.05, 0) is 62.1 Å². The Hall–Kier alpha value is -3.02. The SMILES string of the molecule is CCOc1ccccc1CCC(=O)NNC(=O)COc1ccc(C)c(C)c1. The zero-order valence-electron chi connectivity index (χ0n) is 16.0. The molecule has 2 aromatic rings. The standard InChI is InChI=1S/C21H26N2O4/c1-4-26-19-8-6-5-7-17(19)10-12-20(24)22-23-21(25)14-27-18-11-9-15(2)16(3)13-18/h5-9,11,13H,4,10,12,14H2,1-3H3,(H,22,24)(H,23,25). The topological polar surface area (TPSA) is 76.7 Å². The van der Waals surface area contributed by atoms with Crippen LogP contribution in [0.4, 0.5) is 0 Å². The number of carbonyl (C=O) groups is 2. The second-order valence-corrected chi connectivity index (χ2v) is 6.17. The third kappa shape index (κ3) is 6.66. The van der Waals surface area contributed by atoms with E-state index in [0.29, 0.717) is 18.8 Å². The summed E-state index contributed by atoms with van der Waals surface area (Å²) in [7, 11) is 0. The molecular formula is C21H26N2O4. The van der Waals surface area contributed by atoms with Crippen LogP contribution in [-0.2, 0) is 16.0 Å². The van der Waals surface area contributed by atoms with Crippen molar-refractivity contribution in [2.45, 2.75) is 33.6 Å². The smallest absolute Gasteiger partial charge is 0.276 e. The lowest BCUT2D eigenvalue weighted by molar-refractivity contribution is -0.130. The molecule has 6 nitrogen and oxygen atoms in total. The molecule has 2 amide bonds. The maximum atomic E-state index is 11.9. The Morgan fingerprint density at radius 1 is 0.926 bits per heavy atom. The molecule has 6 heteroatoms. The van der Waals surface area contributed by atoms with E-state index in [0.717, 1.165) is 22.4 Å². The molecule has 2 N–H and O–H groups in total. The maximum absolute atomic E-state index is 11.9. The van der Waals surface area contributed by atoms with Crippen LogP contribution in [0.2, 0.25) is 0 Å². The van der Waals surface area contributed by atoms with Crippen molar-refractivity contribution in [1.29, 1.82) is 0 Å². The third-order valence-electron chi connectivity index (χ3n) is 4.08. The van der Waals surface area contributed by atoms with Gasteiger partial charge in [-0.2, -0.15) is 0 Å². The summed E-state index contributed by atoms with van der Waals surface area (Å²) in [5.74, 6) is 0.697. The van der Waals surface area contributed by atoms with E-state index in [1.807, 2.05) is 63.2 Å². The summed E-state index contributed by atoms with van der Waals surface area (Å²) < 4.78 is 11.0. The fraction of sp³-hybridized carbons (Fsp3) is 0.333. The normalized spacial score (nSPS) is 10.2. The predicted molar refractivity (Wildman–Crippen MR) is 104 cm³/mol. The molecule has 0 aliphatic carbocycles. The molecule has 0 aliphatic heterocycles. The van der Waals surface area contributed by atoms with Gasteiger partial charge in [-0.15, -0.1) is 0 Å². The van der Waals surface area contributed by atoms with Gasteiger partial charge < -0.3 is 9.47 Å². The predicted octanol–water partition coefficient (Wildman–Crippen LogP) is 2.86. The van der Waals surface area contributed by atoms with Crippen LogP contribution in [0, 0.1) is 13.8 Å². The molecule has 0 heterocycles. The van der Waals surface area contributed by atoms with Crippen LogP contribution < -0.4 is 20.3 Å². The second-order valence-electron chi connectivity index (χ2n) is 6.17. The van der Waals surface area contributed by atoms with Crippen molar-refractivity contribution in [2.24, 2.45) is 0 Å². The molecule has 2 rings (SSSR count). The molecule has 0 fully saturated rings. The van der Waals surface area contributed by atoms with Gasteiger partial charge in [0, 0.05) is 6.42 Å². The van der Waals surface area contributed by atoms with Gasteiger partial charge in [-0.25, -0.2) is 0 Å². The average Bonchev–Trinajstić information content (AvgIpc) is 2.67. The molecule has 0 unspecified atom stereocenters. The molecule has 0 atom stereocenters. The van der Waals surface area contributed by atoms with Crippen LogP contribution in [0.5, 0.6) is 11.5 Å². The molecule has 0 aliphatic rings. The Bertz CT molecular complexity index is 790. The summed E-state index contributed by atoms with van der Waals surface area (Å²) in [5.41, 5.74) is 7.97. The summed E-state index contributed by atoms with van der Waals surface area (Å²) in [5, 5.41) is 0. The van der Waals surface area contributed by atoms with Gasteiger partial charge in [0.1, 0.15) is 11.5 Å². The van der Waals surface area contributed by atoms with Crippen LogP contribution in [0.1, 0.15) is 30.0 Å². The van der Waals surface area contributed by atoms with Crippen molar-refractivity contribution in [3.05, 3.63) is 59.2 Å². The van der Waals surface area contributed by atoms with E-state index in [9.17, 15) is 9.59 Å². The van der Waals surface area contributed by atoms with Gasteiger partial charge >= 0.3 is 0 Å². The number of hydrogen-bond acceptors (Lipinski definition) is 4. The number of amides is 2. The number of para-hydroxylation sites is 1. The fourth-order valence-electron chi connectivity index (χ4n) is 2.45. The molecule has 0 saturated carbocycles. The minimum atomic E-state index is -0.420. The minimum Gasteiger partial charge on any atom is -0.494 e. The van der Waals surface area contributed by atoms with E-state index >= 15 is 0 Å². The first-order valence-corrected chi connectivity index (χ1v) is 8.98. The number of ether oxygens (including phenoxy) is 2. The van der Waals surface area contributed by atoms with E-state index in [1.54, 1.807) is 0 Å². The fourth-order valence-corrected chi connectivity index (χ4v) is 2.45. The summed E-state index contributed by atoms with van der Waals surface area (Å²) in [6.45, 7) is 6.30. The Kier molecular flexibility index (Phi) is 7.67. The van der Waals surface area contributed by atoms with Crippen LogP contribution >= 0.6 is 0 Å². The van der Waals surface area contributed by atoms with Crippen molar-refractivity contribution in [3.8, 4) is 11.5 Å².